The van der Waals surface area contributed by atoms with Crippen molar-refractivity contribution in [2.24, 2.45) is 7.05 Å². The molecule has 0 saturated carbocycles. The van der Waals surface area contributed by atoms with Crippen LogP contribution >= 0.6 is 11.6 Å². The molecular weight excluding hydrogens is 240 g/mol. The molecule has 0 bridgehead atoms. The number of carboxylic acid groups (broad SMARTS) is 1. The molecule has 0 atom stereocenters. The zero-order valence-electron chi connectivity index (χ0n) is 9.44. The van der Waals surface area contributed by atoms with E-state index in [0.29, 0.717) is 0 Å². The SMILES string of the molecule is Cc1c(-c2ccc(Cl)c(C(=O)O)c2)cnn1C. The third-order valence-electron chi connectivity index (χ3n) is 2.74. The summed E-state index contributed by atoms with van der Waals surface area (Å²) in [6, 6.07) is 4.94. The molecule has 0 saturated heterocycles. The van der Waals surface area contributed by atoms with Gasteiger partial charge in [-0.2, -0.15) is 5.10 Å². The third-order valence-corrected chi connectivity index (χ3v) is 3.07. The van der Waals surface area contributed by atoms with Crippen LogP contribution in [-0.2, 0) is 7.05 Å². The molecule has 0 fully saturated rings. The highest BCUT2D eigenvalue weighted by atomic mass is 35.5. The molecule has 17 heavy (non-hydrogen) atoms. The summed E-state index contributed by atoms with van der Waals surface area (Å²) in [6.07, 6.45) is 1.71. The fourth-order valence-corrected chi connectivity index (χ4v) is 1.84. The maximum Gasteiger partial charge on any atom is 0.337 e. The van der Waals surface area contributed by atoms with E-state index >= 15 is 0 Å². The van der Waals surface area contributed by atoms with Crippen molar-refractivity contribution in [3.63, 3.8) is 0 Å². The molecule has 1 N–H and O–H groups in total. The summed E-state index contributed by atoms with van der Waals surface area (Å²) >= 11 is 5.82. The van der Waals surface area contributed by atoms with Gasteiger partial charge in [0.15, 0.2) is 0 Å². The minimum atomic E-state index is -1.03. The molecular formula is C12H11ClN2O2. The quantitative estimate of drug-likeness (QED) is 0.892. The van der Waals surface area contributed by atoms with Gasteiger partial charge in [0.25, 0.3) is 0 Å². The molecule has 0 spiro atoms. The highest BCUT2D eigenvalue weighted by Crippen LogP contribution is 2.27. The van der Waals surface area contributed by atoms with E-state index in [1.165, 1.54) is 0 Å². The van der Waals surface area contributed by atoms with E-state index in [1.54, 1.807) is 29.1 Å². The monoisotopic (exact) mass is 250 g/mol. The number of hydrogen-bond acceptors (Lipinski definition) is 2. The standard InChI is InChI=1S/C12H11ClN2O2/c1-7-10(6-14-15(7)2)8-3-4-11(13)9(5-8)12(16)17/h3-6H,1-2H3,(H,16,17). The van der Waals surface area contributed by atoms with E-state index in [0.717, 1.165) is 16.8 Å². The zero-order valence-corrected chi connectivity index (χ0v) is 10.2. The molecule has 88 valence electrons. The Balaban J connectivity index is 2.58. The molecule has 0 aliphatic carbocycles. The van der Waals surface area contributed by atoms with E-state index in [-0.39, 0.29) is 10.6 Å². The van der Waals surface area contributed by atoms with Gasteiger partial charge in [0, 0.05) is 18.3 Å². The molecule has 2 rings (SSSR count). The lowest BCUT2D eigenvalue weighted by molar-refractivity contribution is 0.0697. The highest BCUT2D eigenvalue weighted by molar-refractivity contribution is 6.33. The van der Waals surface area contributed by atoms with Crippen LogP contribution in [0.1, 0.15) is 16.1 Å². The van der Waals surface area contributed by atoms with Gasteiger partial charge in [-0.05, 0) is 24.6 Å². The van der Waals surface area contributed by atoms with Gasteiger partial charge in [0.2, 0.25) is 0 Å². The van der Waals surface area contributed by atoms with Crippen molar-refractivity contribution < 1.29 is 9.90 Å². The Morgan fingerprint density at radius 3 is 2.71 bits per heavy atom. The van der Waals surface area contributed by atoms with Crippen molar-refractivity contribution in [1.29, 1.82) is 0 Å². The lowest BCUT2D eigenvalue weighted by Gasteiger charge is -2.04. The summed E-state index contributed by atoms with van der Waals surface area (Å²) in [4.78, 5) is 11.0. The number of carboxylic acids is 1. The van der Waals surface area contributed by atoms with E-state index in [2.05, 4.69) is 5.10 Å². The third kappa shape index (κ3) is 2.03. The minimum Gasteiger partial charge on any atom is -0.478 e. The van der Waals surface area contributed by atoms with Gasteiger partial charge in [0.1, 0.15) is 0 Å². The zero-order chi connectivity index (χ0) is 12.6. The van der Waals surface area contributed by atoms with Crippen LogP contribution in [0.3, 0.4) is 0 Å². The molecule has 0 aliphatic rings. The predicted octanol–water partition coefficient (Wildman–Crippen LogP) is 2.75. The van der Waals surface area contributed by atoms with Crippen molar-refractivity contribution in [1.82, 2.24) is 9.78 Å². The maximum atomic E-state index is 11.0. The van der Waals surface area contributed by atoms with Crippen LogP contribution in [0.4, 0.5) is 0 Å². The molecule has 2 aromatic rings. The fraction of sp³-hybridized carbons (Fsp3) is 0.167. The number of aromatic carboxylic acids is 1. The van der Waals surface area contributed by atoms with Gasteiger partial charge in [-0.25, -0.2) is 4.79 Å². The van der Waals surface area contributed by atoms with Crippen LogP contribution < -0.4 is 0 Å². The lowest BCUT2D eigenvalue weighted by Crippen LogP contribution is -1.98. The topological polar surface area (TPSA) is 55.1 Å². The van der Waals surface area contributed by atoms with Gasteiger partial charge >= 0.3 is 5.97 Å². The molecule has 0 amide bonds. The summed E-state index contributed by atoms with van der Waals surface area (Å²) in [5.41, 5.74) is 2.79. The first kappa shape index (κ1) is 11.7. The number of aryl methyl sites for hydroxylation is 1. The molecule has 4 nitrogen and oxygen atoms in total. The number of hydrogen-bond donors (Lipinski definition) is 1. The van der Waals surface area contributed by atoms with Crippen molar-refractivity contribution in [3.05, 3.63) is 40.7 Å². The largest absolute Gasteiger partial charge is 0.478 e. The molecule has 0 aliphatic heterocycles. The van der Waals surface area contributed by atoms with Crippen LogP contribution in [-0.4, -0.2) is 20.9 Å². The normalized spacial score (nSPS) is 10.5. The minimum absolute atomic E-state index is 0.104. The summed E-state index contributed by atoms with van der Waals surface area (Å²) in [6.45, 7) is 1.93. The van der Waals surface area contributed by atoms with Crippen LogP contribution in [0.5, 0.6) is 0 Å². The number of rotatable bonds is 2. The predicted molar refractivity (Wildman–Crippen MR) is 65.4 cm³/mol. The second kappa shape index (κ2) is 4.22. The van der Waals surface area contributed by atoms with Crippen LogP contribution in [0.15, 0.2) is 24.4 Å². The highest BCUT2D eigenvalue weighted by Gasteiger charge is 2.12. The summed E-state index contributed by atoms with van der Waals surface area (Å²) in [5.74, 6) is -1.03. The molecule has 0 unspecified atom stereocenters. The Hall–Kier alpha value is -1.81. The lowest BCUT2D eigenvalue weighted by atomic mass is 10.0. The van der Waals surface area contributed by atoms with Crippen molar-refractivity contribution in [3.8, 4) is 11.1 Å². The first-order valence-electron chi connectivity index (χ1n) is 5.02. The summed E-state index contributed by atoms with van der Waals surface area (Å²) in [7, 11) is 1.84. The Kier molecular flexibility index (Phi) is 2.90. The number of carbonyl (C=O) groups is 1. The van der Waals surface area contributed by atoms with Crippen molar-refractivity contribution >= 4 is 17.6 Å². The van der Waals surface area contributed by atoms with Crippen LogP contribution in [0, 0.1) is 6.92 Å². The van der Waals surface area contributed by atoms with E-state index in [9.17, 15) is 4.79 Å². The van der Waals surface area contributed by atoms with E-state index in [1.807, 2.05) is 14.0 Å². The smallest absolute Gasteiger partial charge is 0.337 e. The molecule has 0 radical (unpaired) electrons. The first-order valence-corrected chi connectivity index (χ1v) is 5.40. The second-order valence-electron chi connectivity index (χ2n) is 3.77. The second-order valence-corrected chi connectivity index (χ2v) is 4.17. The first-order chi connectivity index (χ1) is 8.00. The molecule has 1 heterocycles. The summed E-state index contributed by atoms with van der Waals surface area (Å²) < 4.78 is 1.74. The van der Waals surface area contributed by atoms with Crippen molar-refractivity contribution in [2.45, 2.75) is 6.92 Å². The van der Waals surface area contributed by atoms with Crippen LogP contribution in [0.2, 0.25) is 5.02 Å². The Morgan fingerprint density at radius 2 is 2.18 bits per heavy atom. The van der Waals surface area contributed by atoms with Gasteiger partial charge in [0.05, 0.1) is 16.8 Å². The number of aromatic nitrogens is 2. The average Bonchev–Trinajstić information content (AvgIpc) is 2.60. The number of nitrogens with zero attached hydrogens (tertiary/aromatic N) is 2. The molecule has 1 aromatic heterocycles. The van der Waals surface area contributed by atoms with E-state index in [4.69, 9.17) is 16.7 Å². The average molecular weight is 251 g/mol. The maximum absolute atomic E-state index is 11.0. The Labute approximate surface area is 103 Å². The van der Waals surface area contributed by atoms with Gasteiger partial charge in [-0.15, -0.1) is 0 Å². The number of benzene rings is 1. The number of halogens is 1. The van der Waals surface area contributed by atoms with Gasteiger partial charge in [-0.3, -0.25) is 4.68 Å². The van der Waals surface area contributed by atoms with E-state index < -0.39 is 5.97 Å². The molecule has 1 aromatic carbocycles. The summed E-state index contributed by atoms with van der Waals surface area (Å²) in [5, 5.41) is 13.4. The molecule has 5 heteroatoms. The fourth-order valence-electron chi connectivity index (χ4n) is 1.64. The Bertz CT molecular complexity index is 590. The van der Waals surface area contributed by atoms with Gasteiger partial charge < -0.3 is 5.11 Å². The van der Waals surface area contributed by atoms with Gasteiger partial charge in [-0.1, -0.05) is 17.7 Å². The Morgan fingerprint density at radius 1 is 1.47 bits per heavy atom. The van der Waals surface area contributed by atoms with Crippen molar-refractivity contribution in [2.75, 3.05) is 0 Å². The van der Waals surface area contributed by atoms with Crippen LogP contribution in [0.25, 0.3) is 11.1 Å².